The smallest absolute Gasteiger partial charge is 0.234 e. The maximum absolute atomic E-state index is 13.3. The number of benzene rings is 1. The molecule has 1 amide bonds. The molecule has 2 atom stereocenters. The van der Waals surface area contributed by atoms with Crippen molar-refractivity contribution >= 4 is 15.7 Å². The number of sulfone groups is 1. The summed E-state index contributed by atoms with van der Waals surface area (Å²) in [5.41, 5.74) is 0.920. The van der Waals surface area contributed by atoms with Gasteiger partial charge in [-0.05, 0) is 49.9 Å². The zero-order valence-electron chi connectivity index (χ0n) is 16.4. The minimum Gasteiger partial charge on any atom is -0.348 e. The van der Waals surface area contributed by atoms with Crippen molar-refractivity contribution in [1.82, 2.24) is 10.2 Å². The molecule has 0 saturated heterocycles. The van der Waals surface area contributed by atoms with Gasteiger partial charge < -0.3 is 5.32 Å². The summed E-state index contributed by atoms with van der Waals surface area (Å²) in [6, 6.07) is 5.97. The van der Waals surface area contributed by atoms with Crippen LogP contribution in [0.4, 0.5) is 4.39 Å². The number of carbonyl (C=O) groups is 1. The molecule has 1 aromatic rings. The van der Waals surface area contributed by atoms with Gasteiger partial charge in [0.2, 0.25) is 5.91 Å². The predicted molar refractivity (Wildman–Crippen MR) is 106 cm³/mol. The summed E-state index contributed by atoms with van der Waals surface area (Å²) >= 11 is 0. The van der Waals surface area contributed by atoms with Crippen molar-refractivity contribution in [1.29, 1.82) is 0 Å². The Balaban J connectivity index is 2.07. The lowest BCUT2D eigenvalue weighted by Gasteiger charge is -2.29. The van der Waals surface area contributed by atoms with Crippen molar-refractivity contribution in [2.45, 2.75) is 51.6 Å². The first-order chi connectivity index (χ1) is 12.7. The summed E-state index contributed by atoms with van der Waals surface area (Å²) in [5, 5.41) is 3.12. The normalized spacial score (nSPS) is 17.8. The second-order valence-corrected chi connectivity index (χ2v) is 9.83. The van der Waals surface area contributed by atoms with Crippen molar-refractivity contribution < 1.29 is 17.6 Å². The summed E-state index contributed by atoms with van der Waals surface area (Å²) in [4.78, 5) is 14.6. The molecule has 0 aromatic heterocycles. The van der Waals surface area contributed by atoms with Crippen LogP contribution < -0.4 is 5.32 Å². The summed E-state index contributed by atoms with van der Waals surface area (Å²) in [5.74, 6) is -0.0404. The predicted octanol–water partition coefficient (Wildman–Crippen LogP) is 2.93. The standard InChI is InChI=1S/C20H31FN2O3S/c1-4-23(15(2)14-27(3,25)26)13-19(24)22-20(16-7-5-6-8-16)17-9-11-18(21)12-10-17/h9-12,15-16,20H,4-8,13-14H2,1-3H3,(H,22,24). The van der Waals surface area contributed by atoms with Crippen molar-refractivity contribution in [2.24, 2.45) is 5.92 Å². The van der Waals surface area contributed by atoms with Gasteiger partial charge >= 0.3 is 0 Å². The third-order valence-electron chi connectivity index (χ3n) is 5.34. The minimum atomic E-state index is -3.11. The van der Waals surface area contributed by atoms with Crippen LogP contribution in [0.5, 0.6) is 0 Å². The van der Waals surface area contributed by atoms with Gasteiger partial charge in [0, 0.05) is 12.3 Å². The van der Waals surface area contributed by atoms with E-state index in [0.717, 1.165) is 31.2 Å². The molecular weight excluding hydrogens is 367 g/mol. The van der Waals surface area contributed by atoms with Gasteiger partial charge in [0.25, 0.3) is 0 Å². The zero-order valence-corrected chi connectivity index (χ0v) is 17.3. The summed E-state index contributed by atoms with van der Waals surface area (Å²) in [6.07, 6.45) is 5.59. The Morgan fingerprint density at radius 3 is 2.37 bits per heavy atom. The molecule has 1 aromatic carbocycles. The number of rotatable bonds is 9. The third-order valence-corrected chi connectivity index (χ3v) is 6.42. The molecule has 2 rings (SSSR count). The minimum absolute atomic E-state index is 0.0259. The Kier molecular flexibility index (Phi) is 7.79. The van der Waals surface area contributed by atoms with Crippen LogP contribution in [0.15, 0.2) is 24.3 Å². The van der Waals surface area contributed by atoms with Gasteiger partial charge in [-0.3, -0.25) is 9.69 Å². The van der Waals surface area contributed by atoms with Crippen LogP contribution in [-0.2, 0) is 14.6 Å². The van der Waals surface area contributed by atoms with E-state index in [-0.39, 0.29) is 36.1 Å². The summed E-state index contributed by atoms with van der Waals surface area (Å²) in [7, 11) is -3.11. The maximum atomic E-state index is 13.3. The Labute approximate surface area is 162 Å². The molecule has 5 nitrogen and oxygen atoms in total. The molecule has 1 saturated carbocycles. The number of nitrogens with zero attached hydrogens (tertiary/aromatic N) is 1. The summed E-state index contributed by atoms with van der Waals surface area (Å²) < 4.78 is 36.4. The van der Waals surface area contributed by atoms with Crippen molar-refractivity contribution in [3.05, 3.63) is 35.6 Å². The van der Waals surface area contributed by atoms with Crippen LogP contribution >= 0.6 is 0 Å². The highest BCUT2D eigenvalue weighted by Gasteiger charge is 2.28. The van der Waals surface area contributed by atoms with Gasteiger partial charge in [0.1, 0.15) is 15.7 Å². The first-order valence-electron chi connectivity index (χ1n) is 9.66. The number of carbonyl (C=O) groups excluding carboxylic acids is 1. The fourth-order valence-electron chi connectivity index (χ4n) is 3.96. The number of amides is 1. The second-order valence-electron chi connectivity index (χ2n) is 7.65. The lowest BCUT2D eigenvalue weighted by molar-refractivity contribution is -0.123. The zero-order chi connectivity index (χ0) is 20.0. The van der Waals surface area contributed by atoms with Crippen molar-refractivity contribution in [3.8, 4) is 0 Å². The van der Waals surface area contributed by atoms with E-state index in [4.69, 9.17) is 0 Å². The number of nitrogens with one attached hydrogen (secondary N) is 1. The molecule has 0 heterocycles. The Bertz CT molecular complexity index is 715. The SMILES string of the molecule is CCN(CC(=O)NC(c1ccc(F)cc1)C1CCCC1)C(C)CS(C)(=O)=O. The van der Waals surface area contributed by atoms with Gasteiger partial charge in [-0.25, -0.2) is 12.8 Å². The topological polar surface area (TPSA) is 66.5 Å². The average molecular weight is 399 g/mol. The molecule has 1 aliphatic carbocycles. The average Bonchev–Trinajstić information content (AvgIpc) is 3.11. The molecule has 27 heavy (non-hydrogen) atoms. The molecule has 2 unspecified atom stereocenters. The van der Waals surface area contributed by atoms with Gasteiger partial charge in [0.05, 0.1) is 18.3 Å². The van der Waals surface area contributed by atoms with E-state index in [2.05, 4.69) is 5.32 Å². The maximum Gasteiger partial charge on any atom is 0.234 e. The highest BCUT2D eigenvalue weighted by Crippen LogP contribution is 2.35. The highest BCUT2D eigenvalue weighted by atomic mass is 32.2. The largest absolute Gasteiger partial charge is 0.348 e. The Morgan fingerprint density at radius 1 is 1.26 bits per heavy atom. The van der Waals surface area contributed by atoms with E-state index in [9.17, 15) is 17.6 Å². The fourth-order valence-corrected chi connectivity index (χ4v) is 5.05. The molecule has 7 heteroatoms. The van der Waals surface area contributed by atoms with E-state index in [1.165, 1.54) is 18.4 Å². The van der Waals surface area contributed by atoms with Gasteiger partial charge in [-0.1, -0.05) is 31.9 Å². The summed E-state index contributed by atoms with van der Waals surface area (Å²) in [6.45, 7) is 4.49. The van der Waals surface area contributed by atoms with E-state index in [1.54, 1.807) is 12.1 Å². The molecule has 152 valence electrons. The van der Waals surface area contributed by atoms with Gasteiger partial charge in [-0.2, -0.15) is 0 Å². The quantitative estimate of drug-likeness (QED) is 0.695. The number of likely N-dealkylation sites (N-methyl/N-ethyl adjacent to an activating group) is 1. The van der Waals surface area contributed by atoms with E-state index >= 15 is 0 Å². The van der Waals surface area contributed by atoms with E-state index in [0.29, 0.717) is 12.5 Å². The third kappa shape index (κ3) is 6.88. The molecular formula is C20H31FN2O3S. The second kappa shape index (κ2) is 9.64. The van der Waals surface area contributed by atoms with Crippen LogP contribution in [0.2, 0.25) is 0 Å². The van der Waals surface area contributed by atoms with Gasteiger partial charge in [-0.15, -0.1) is 0 Å². The molecule has 1 aliphatic rings. The lowest BCUT2D eigenvalue weighted by Crippen LogP contribution is -2.45. The number of halogens is 1. The highest BCUT2D eigenvalue weighted by molar-refractivity contribution is 7.90. The molecule has 0 radical (unpaired) electrons. The van der Waals surface area contributed by atoms with Crippen LogP contribution in [0.25, 0.3) is 0 Å². The number of hydrogen-bond donors (Lipinski definition) is 1. The van der Waals surface area contributed by atoms with Crippen molar-refractivity contribution in [3.63, 3.8) is 0 Å². The molecule has 1 N–H and O–H groups in total. The molecule has 0 aliphatic heterocycles. The van der Waals surface area contributed by atoms with Crippen LogP contribution in [-0.4, -0.2) is 50.4 Å². The fraction of sp³-hybridized carbons (Fsp3) is 0.650. The first kappa shape index (κ1) is 21.8. The molecule has 0 spiro atoms. The Hall–Kier alpha value is -1.47. The molecule has 0 bridgehead atoms. The molecule has 1 fully saturated rings. The monoisotopic (exact) mass is 398 g/mol. The van der Waals surface area contributed by atoms with Crippen LogP contribution in [0.3, 0.4) is 0 Å². The van der Waals surface area contributed by atoms with Crippen LogP contribution in [0, 0.1) is 11.7 Å². The van der Waals surface area contributed by atoms with Gasteiger partial charge in [0.15, 0.2) is 0 Å². The lowest BCUT2D eigenvalue weighted by atomic mass is 9.91. The van der Waals surface area contributed by atoms with Crippen molar-refractivity contribution in [2.75, 3.05) is 25.1 Å². The van der Waals surface area contributed by atoms with Crippen LogP contribution in [0.1, 0.15) is 51.1 Å². The Morgan fingerprint density at radius 2 is 1.85 bits per heavy atom. The van der Waals surface area contributed by atoms with E-state index < -0.39 is 9.84 Å². The first-order valence-corrected chi connectivity index (χ1v) is 11.7. The van der Waals surface area contributed by atoms with E-state index in [1.807, 2.05) is 18.7 Å². The number of hydrogen-bond acceptors (Lipinski definition) is 4.